The van der Waals surface area contributed by atoms with Crippen LogP contribution in [0.4, 0.5) is 0 Å². The van der Waals surface area contributed by atoms with Gasteiger partial charge in [-0.25, -0.2) is 0 Å². The predicted octanol–water partition coefficient (Wildman–Crippen LogP) is 4.02. The molecule has 21 heavy (non-hydrogen) atoms. The summed E-state index contributed by atoms with van der Waals surface area (Å²) in [6.07, 6.45) is 1.31. The van der Waals surface area contributed by atoms with Crippen LogP contribution in [0.25, 0.3) is 5.57 Å². The van der Waals surface area contributed by atoms with Gasteiger partial charge in [0, 0.05) is 17.1 Å². The number of aliphatic hydroxyl groups is 1. The Labute approximate surface area is 131 Å². The summed E-state index contributed by atoms with van der Waals surface area (Å²) in [4.78, 5) is 2.06. The molecule has 0 saturated heterocycles. The molecule has 0 aliphatic carbocycles. The van der Waals surface area contributed by atoms with Crippen LogP contribution < -0.4 is 0 Å². The van der Waals surface area contributed by atoms with Crippen molar-refractivity contribution in [1.82, 2.24) is 4.90 Å². The highest BCUT2D eigenvalue weighted by Crippen LogP contribution is 2.33. The van der Waals surface area contributed by atoms with E-state index in [-0.39, 0.29) is 0 Å². The smallest absolute Gasteiger partial charge is 0.106 e. The summed E-state index contributed by atoms with van der Waals surface area (Å²) in [6.45, 7) is 0.756. The summed E-state index contributed by atoms with van der Waals surface area (Å²) in [6, 6.07) is 17.3. The third-order valence-electron chi connectivity index (χ3n) is 3.28. The predicted molar refractivity (Wildman–Crippen MR) is 89.4 cm³/mol. The summed E-state index contributed by atoms with van der Waals surface area (Å²) < 4.78 is 0. The fraction of sp³-hybridized carbons (Fsp3) is 0.222. The molecule has 0 amide bonds. The van der Waals surface area contributed by atoms with E-state index < -0.39 is 6.10 Å². The van der Waals surface area contributed by atoms with Crippen LogP contribution in [-0.4, -0.2) is 30.6 Å². The Balaban J connectivity index is 2.40. The lowest BCUT2D eigenvalue weighted by Gasteiger charge is -2.18. The number of rotatable bonds is 5. The van der Waals surface area contributed by atoms with E-state index in [4.69, 9.17) is 11.6 Å². The fourth-order valence-corrected chi connectivity index (χ4v) is 2.40. The van der Waals surface area contributed by atoms with Gasteiger partial charge in [-0.15, -0.1) is 0 Å². The average molecular weight is 302 g/mol. The van der Waals surface area contributed by atoms with Crippen molar-refractivity contribution in [2.75, 3.05) is 20.6 Å². The van der Waals surface area contributed by atoms with E-state index >= 15 is 0 Å². The summed E-state index contributed by atoms with van der Waals surface area (Å²) in [5.41, 5.74) is 2.61. The molecule has 2 rings (SSSR count). The SMILES string of the molecule is CN(C)CC=C(c1ccccc1)C(O)c1ccccc1Cl. The zero-order valence-corrected chi connectivity index (χ0v) is 13.1. The minimum Gasteiger partial charge on any atom is -0.384 e. The number of hydrogen-bond donors (Lipinski definition) is 1. The van der Waals surface area contributed by atoms with E-state index in [9.17, 15) is 5.11 Å². The number of hydrogen-bond acceptors (Lipinski definition) is 2. The van der Waals surface area contributed by atoms with Crippen molar-refractivity contribution in [2.24, 2.45) is 0 Å². The van der Waals surface area contributed by atoms with E-state index in [1.54, 1.807) is 6.07 Å². The third kappa shape index (κ3) is 4.18. The van der Waals surface area contributed by atoms with Gasteiger partial charge in [-0.05, 0) is 31.3 Å². The van der Waals surface area contributed by atoms with E-state index in [1.165, 1.54) is 0 Å². The molecule has 0 fully saturated rings. The van der Waals surface area contributed by atoms with Gasteiger partial charge in [0.05, 0.1) is 0 Å². The van der Waals surface area contributed by atoms with Gasteiger partial charge in [-0.2, -0.15) is 0 Å². The van der Waals surface area contributed by atoms with Gasteiger partial charge in [-0.3, -0.25) is 0 Å². The van der Waals surface area contributed by atoms with Gasteiger partial charge >= 0.3 is 0 Å². The molecule has 0 aromatic heterocycles. The highest BCUT2D eigenvalue weighted by molar-refractivity contribution is 6.31. The third-order valence-corrected chi connectivity index (χ3v) is 3.62. The molecular formula is C18H20ClNO. The van der Waals surface area contributed by atoms with Crippen LogP contribution in [0.2, 0.25) is 5.02 Å². The fourth-order valence-electron chi connectivity index (χ4n) is 2.16. The van der Waals surface area contributed by atoms with Crippen LogP contribution in [0.1, 0.15) is 17.2 Å². The van der Waals surface area contributed by atoms with Gasteiger partial charge in [-0.1, -0.05) is 66.2 Å². The molecule has 0 spiro atoms. The molecule has 0 aliphatic rings. The lowest BCUT2D eigenvalue weighted by Crippen LogP contribution is -2.12. The van der Waals surface area contributed by atoms with Gasteiger partial charge in [0.15, 0.2) is 0 Å². The second kappa shape index (κ2) is 7.41. The number of halogens is 1. The molecule has 0 saturated carbocycles. The van der Waals surface area contributed by atoms with Crippen molar-refractivity contribution in [2.45, 2.75) is 6.10 Å². The molecule has 0 heterocycles. The minimum atomic E-state index is -0.735. The Morgan fingerprint density at radius 2 is 1.71 bits per heavy atom. The van der Waals surface area contributed by atoms with Crippen molar-refractivity contribution < 1.29 is 5.11 Å². The summed E-state index contributed by atoms with van der Waals surface area (Å²) in [5, 5.41) is 11.3. The molecule has 2 nitrogen and oxygen atoms in total. The standard InChI is InChI=1S/C18H20ClNO/c1-20(2)13-12-15(14-8-4-3-5-9-14)18(21)16-10-6-7-11-17(16)19/h3-12,18,21H,13H2,1-2H3. The van der Waals surface area contributed by atoms with Crippen molar-refractivity contribution in [1.29, 1.82) is 0 Å². The monoisotopic (exact) mass is 301 g/mol. The minimum absolute atomic E-state index is 0.580. The van der Waals surface area contributed by atoms with Crippen LogP contribution in [0.3, 0.4) is 0 Å². The van der Waals surface area contributed by atoms with Crippen LogP contribution in [0.5, 0.6) is 0 Å². The number of likely N-dealkylation sites (N-methyl/N-ethyl adjacent to an activating group) is 1. The first kappa shape index (κ1) is 15.8. The number of aliphatic hydroxyl groups excluding tert-OH is 1. The van der Waals surface area contributed by atoms with Crippen LogP contribution in [-0.2, 0) is 0 Å². The summed E-state index contributed by atoms with van der Waals surface area (Å²) >= 11 is 6.22. The van der Waals surface area contributed by atoms with Crippen LogP contribution in [0.15, 0.2) is 60.7 Å². The molecule has 0 bridgehead atoms. The Morgan fingerprint density at radius 1 is 1.10 bits per heavy atom. The van der Waals surface area contributed by atoms with E-state index in [0.29, 0.717) is 5.02 Å². The molecule has 0 radical (unpaired) electrons. The second-order valence-electron chi connectivity index (χ2n) is 5.21. The van der Waals surface area contributed by atoms with Gasteiger partial charge in [0.2, 0.25) is 0 Å². The van der Waals surface area contributed by atoms with Crippen molar-refractivity contribution in [3.63, 3.8) is 0 Å². The lowest BCUT2D eigenvalue weighted by atomic mass is 9.94. The molecule has 110 valence electrons. The molecular weight excluding hydrogens is 282 g/mol. The zero-order chi connectivity index (χ0) is 15.2. The summed E-state index contributed by atoms with van der Waals surface area (Å²) in [5.74, 6) is 0. The highest BCUT2D eigenvalue weighted by Gasteiger charge is 2.17. The van der Waals surface area contributed by atoms with Crippen molar-refractivity contribution in [3.05, 3.63) is 76.8 Å². The molecule has 3 heteroatoms. The van der Waals surface area contributed by atoms with Gasteiger partial charge < -0.3 is 10.0 Å². The maximum Gasteiger partial charge on any atom is 0.106 e. The maximum atomic E-state index is 10.8. The first-order valence-corrected chi connectivity index (χ1v) is 7.30. The van der Waals surface area contributed by atoms with E-state index in [0.717, 1.165) is 23.2 Å². The van der Waals surface area contributed by atoms with Crippen LogP contribution >= 0.6 is 11.6 Å². The van der Waals surface area contributed by atoms with E-state index in [1.807, 2.05) is 68.7 Å². The molecule has 2 aromatic rings. The Kier molecular flexibility index (Phi) is 5.57. The highest BCUT2D eigenvalue weighted by atomic mass is 35.5. The molecule has 2 aromatic carbocycles. The first-order chi connectivity index (χ1) is 10.1. The van der Waals surface area contributed by atoms with Crippen molar-refractivity contribution >= 4 is 17.2 Å². The zero-order valence-electron chi connectivity index (χ0n) is 12.3. The number of nitrogens with zero attached hydrogens (tertiary/aromatic N) is 1. The Morgan fingerprint density at radius 3 is 2.33 bits per heavy atom. The quantitative estimate of drug-likeness (QED) is 0.901. The largest absolute Gasteiger partial charge is 0.384 e. The normalized spacial score (nSPS) is 13.5. The first-order valence-electron chi connectivity index (χ1n) is 6.92. The molecule has 1 unspecified atom stereocenters. The molecule has 1 atom stereocenters. The Bertz CT molecular complexity index is 608. The molecule has 0 aliphatic heterocycles. The second-order valence-corrected chi connectivity index (χ2v) is 5.62. The van der Waals surface area contributed by atoms with Crippen LogP contribution in [0, 0.1) is 0 Å². The topological polar surface area (TPSA) is 23.5 Å². The Hall–Kier alpha value is -1.61. The summed E-state index contributed by atoms with van der Waals surface area (Å²) in [7, 11) is 4.00. The van der Waals surface area contributed by atoms with Gasteiger partial charge in [0.1, 0.15) is 6.10 Å². The average Bonchev–Trinajstić information content (AvgIpc) is 2.48. The molecule has 1 N–H and O–H groups in total. The lowest BCUT2D eigenvalue weighted by molar-refractivity contribution is 0.238. The van der Waals surface area contributed by atoms with Gasteiger partial charge in [0.25, 0.3) is 0 Å². The van der Waals surface area contributed by atoms with Crippen molar-refractivity contribution in [3.8, 4) is 0 Å². The number of benzene rings is 2. The maximum absolute atomic E-state index is 10.8. The van der Waals surface area contributed by atoms with E-state index in [2.05, 4.69) is 4.90 Å².